The van der Waals surface area contributed by atoms with Crippen LogP contribution in [0, 0.1) is 13.8 Å². The highest BCUT2D eigenvalue weighted by Crippen LogP contribution is 2.23. The average molecular weight is 347 g/mol. The molecule has 1 amide bonds. The molecule has 0 saturated carbocycles. The van der Waals surface area contributed by atoms with Crippen molar-refractivity contribution in [2.45, 2.75) is 24.5 Å². The lowest BCUT2D eigenvalue weighted by Gasteiger charge is -2.07. The molecule has 0 radical (unpaired) electrons. The van der Waals surface area contributed by atoms with Crippen LogP contribution in [0.15, 0.2) is 77.7 Å². The molecule has 1 N–H and O–H groups in total. The number of nitrogens with one attached hydrogen (secondary N) is 1. The molecule has 0 heterocycles. The number of anilines is 1. The van der Waals surface area contributed by atoms with Gasteiger partial charge < -0.3 is 5.32 Å². The zero-order chi connectivity index (χ0) is 17.6. The van der Waals surface area contributed by atoms with Crippen molar-refractivity contribution in [1.29, 1.82) is 0 Å². The van der Waals surface area contributed by atoms with Gasteiger partial charge in [0.25, 0.3) is 5.91 Å². The van der Waals surface area contributed by atoms with E-state index < -0.39 is 0 Å². The lowest BCUT2D eigenvalue weighted by molar-refractivity contribution is 0.102. The van der Waals surface area contributed by atoms with E-state index >= 15 is 0 Å². The smallest absolute Gasteiger partial charge is 0.255 e. The predicted octanol–water partition coefficient (Wildman–Crippen LogP) is 5.85. The van der Waals surface area contributed by atoms with Crippen LogP contribution in [0.3, 0.4) is 0 Å². The largest absolute Gasteiger partial charge is 0.322 e. The number of amides is 1. The highest BCUT2D eigenvalue weighted by atomic mass is 32.2. The first-order valence-corrected chi connectivity index (χ1v) is 9.25. The van der Waals surface area contributed by atoms with Crippen LogP contribution in [0.2, 0.25) is 0 Å². The summed E-state index contributed by atoms with van der Waals surface area (Å²) in [6.45, 7) is 4.12. The van der Waals surface area contributed by atoms with Gasteiger partial charge >= 0.3 is 0 Å². The van der Waals surface area contributed by atoms with Gasteiger partial charge in [-0.25, -0.2) is 0 Å². The van der Waals surface area contributed by atoms with Crippen LogP contribution >= 0.6 is 11.8 Å². The Labute approximate surface area is 153 Å². The standard InChI is InChI=1S/C22H21NOS/c1-16-3-11-20(12-4-16)23-22(24)19-9-7-18(8-10-19)15-25-21-13-5-17(2)6-14-21/h3-14H,15H2,1-2H3,(H,23,24). The fraction of sp³-hybridized carbons (Fsp3) is 0.136. The summed E-state index contributed by atoms with van der Waals surface area (Å²) in [5, 5.41) is 2.92. The molecular weight excluding hydrogens is 326 g/mol. The minimum atomic E-state index is -0.0819. The molecule has 3 aromatic rings. The van der Waals surface area contributed by atoms with E-state index in [9.17, 15) is 4.79 Å². The third-order valence-corrected chi connectivity index (χ3v) is 5.04. The van der Waals surface area contributed by atoms with E-state index in [1.165, 1.54) is 21.6 Å². The second-order valence-electron chi connectivity index (χ2n) is 6.12. The molecule has 126 valence electrons. The van der Waals surface area contributed by atoms with E-state index in [2.05, 4.69) is 36.5 Å². The van der Waals surface area contributed by atoms with Gasteiger partial charge in [-0.15, -0.1) is 11.8 Å². The van der Waals surface area contributed by atoms with Crippen molar-refractivity contribution >= 4 is 23.4 Å². The molecule has 3 heteroatoms. The van der Waals surface area contributed by atoms with Gasteiger partial charge in [0.1, 0.15) is 0 Å². The molecule has 3 rings (SSSR count). The van der Waals surface area contributed by atoms with Crippen LogP contribution in [0.4, 0.5) is 5.69 Å². The number of carbonyl (C=O) groups is 1. The van der Waals surface area contributed by atoms with Gasteiger partial charge in [-0.2, -0.15) is 0 Å². The van der Waals surface area contributed by atoms with Crippen molar-refractivity contribution < 1.29 is 4.79 Å². The number of carbonyl (C=O) groups excluding carboxylic acids is 1. The number of benzene rings is 3. The molecule has 0 fully saturated rings. The quantitative estimate of drug-likeness (QED) is 0.587. The van der Waals surface area contributed by atoms with E-state index in [-0.39, 0.29) is 5.91 Å². The minimum absolute atomic E-state index is 0.0819. The number of thioether (sulfide) groups is 1. The van der Waals surface area contributed by atoms with Crippen LogP contribution in [-0.2, 0) is 5.75 Å². The molecule has 0 unspecified atom stereocenters. The Hall–Kier alpha value is -2.52. The lowest BCUT2D eigenvalue weighted by atomic mass is 10.1. The second kappa shape index (κ2) is 8.04. The summed E-state index contributed by atoms with van der Waals surface area (Å²) in [7, 11) is 0. The Morgan fingerprint density at radius 3 is 1.96 bits per heavy atom. The zero-order valence-corrected chi connectivity index (χ0v) is 15.3. The Bertz CT molecular complexity index is 837. The van der Waals surface area contributed by atoms with Crippen molar-refractivity contribution in [3.63, 3.8) is 0 Å². The molecular formula is C22H21NOS. The molecule has 0 bridgehead atoms. The Morgan fingerprint density at radius 2 is 1.36 bits per heavy atom. The van der Waals surface area contributed by atoms with Gasteiger partial charge in [0.2, 0.25) is 0 Å². The van der Waals surface area contributed by atoms with Crippen LogP contribution in [-0.4, -0.2) is 5.91 Å². The highest BCUT2D eigenvalue weighted by Gasteiger charge is 2.06. The first-order valence-electron chi connectivity index (χ1n) is 8.26. The maximum Gasteiger partial charge on any atom is 0.255 e. The summed E-state index contributed by atoms with van der Waals surface area (Å²) in [6.07, 6.45) is 0. The van der Waals surface area contributed by atoms with Crippen LogP contribution in [0.25, 0.3) is 0 Å². The van der Waals surface area contributed by atoms with E-state index in [0.717, 1.165) is 11.4 Å². The van der Waals surface area contributed by atoms with Gasteiger partial charge in [-0.05, 0) is 55.8 Å². The molecule has 0 aromatic heterocycles. The first-order chi connectivity index (χ1) is 12.1. The average Bonchev–Trinajstić information content (AvgIpc) is 2.63. The summed E-state index contributed by atoms with van der Waals surface area (Å²) < 4.78 is 0. The van der Waals surface area contributed by atoms with Crippen LogP contribution in [0.5, 0.6) is 0 Å². The maximum atomic E-state index is 12.3. The predicted molar refractivity (Wildman–Crippen MR) is 106 cm³/mol. The first kappa shape index (κ1) is 17.3. The van der Waals surface area contributed by atoms with Crippen molar-refractivity contribution in [3.8, 4) is 0 Å². The molecule has 0 spiro atoms. The SMILES string of the molecule is Cc1ccc(NC(=O)c2ccc(CSc3ccc(C)cc3)cc2)cc1. The zero-order valence-electron chi connectivity index (χ0n) is 14.5. The van der Waals surface area contributed by atoms with Crippen molar-refractivity contribution in [2.75, 3.05) is 5.32 Å². The Balaban J connectivity index is 1.58. The third kappa shape index (κ3) is 4.97. The van der Waals surface area contributed by atoms with Crippen molar-refractivity contribution in [2.24, 2.45) is 0 Å². The second-order valence-corrected chi connectivity index (χ2v) is 7.17. The molecule has 0 aliphatic rings. The molecule has 0 aliphatic carbocycles. The van der Waals surface area contributed by atoms with Crippen LogP contribution < -0.4 is 5.32 Å². The Morgan fingerprint density at radius 1 is 0.800 bits per heavy atom. The van der Waals surface area contributed by atoms with E-state index in [0.29, 0.717) is 5.56 Å². The molecule has 0 atom stereocenters. The molecule has 25 heavy (non-hydrogen) atoms. The fourth-order valence-electron chi connectivity index (χ4n) is 2.39. The van der Waals surface area contributed by atoms with E-state index in [1.807, 2.05) is 55.5 Å². The molecule has 0 saturated heterocycles. The van der Waals surface area contributed by atoms with Crippen molar-refractivity contribution in [1.82, 2.24) is 0 Å². The van der Waals surface area contributed by atoms with E-state index in [1.54, 1.807) is 11.8 Å². The van der Waals surface area contributed by atoms with Gasteiger partial charge in [-0.1, -0.05) is 47.5 Å². The normalized spacial score (nSPS) is 10.5. The molecule has 2 nitrogen and oxygen atoms in total. The summed E-state index contributed by atoms with van der Waals surface area (Å²) >= 11 is 1.80. The third-order valence-electron chi connectivity index (χ3n) is 3.95. The van der Waals surface area contributed by atoms with Crippen molar-refractivity contribution in [3.05, 3.63) is 95.1 Å². The van der Waals surface area contributed by atoms with Gasteiger partial charge in [0.15, 0.2) is 0 Å². The fourth-order valence-corrected chi connectivity index (χ4v) is 3.25. The highest BCUT2D eigenvalue weighted by molar-refractivity contribution is 7.98. The maximum absolute atomic E-state index is 12.3. The minimum Gasteiger partial charge on any atom is -0.322 e. The van der Waals surface area contributed by atoms with Gasteiger partial charge in [0.05, 0.1) is 0 Å². The van der Waals surface area contributed by atoms with Gasteiger partial charge in [0, 0.05) is 21.9 Å². The molecule has 3 aromatic carbocycles. The molecule has 0 aliphatic heterocycles. The Kier molecular flexibility index (Phi) is 5.56. The van der Waals surface area contributed by atoms with E-state index in [4.69, 9.17) is 0 Å². The summed E-state index contributed by atoms with van der Waals surface area (Å²) in [4.78, 5) is 13.6. The number of hydrogen-bond donors (Lipinski definition) is 1. The summed E-state index contributed by atoms with van der Waals surface area (Å²) in [6, 6.07) is 24.1. The summed E-state index contributed by atoms with van der Waals surface area (Å²) in [5.74, 6) is 0.810. The topological polar surface area (TPSA) is 29.1 Å². The van der Waals surface area contributed by atoms with Crippen LogP contribution in [0.1, 0.15) is 27.0 Å². The summed E-state index contributed by atoms with van der Waals surface area (Å²) in [5.41, 5.74) is 5.14. The van der Waals surface area contributed by atoms with Gasteiger partial charge in [-0.3, -0.25) is 4.79 Å². The monoisotopic (exact) mass is 347 g/mol. The number of hydrogen-bond acceptors (Lipinski definition) is 2. The lowest BCUT2D eigenvalue weighted by Crippen LogP contribution is -2.11. The number of rotatable bonds is 5. The number of aryl methyl sites for hydroxylation is 2.